The van der Waals surface area contributed by atoms with Crippen LogP contribution in [0, 0.1) is 0 Å². The second-order valence-electron chi connectivity index (χ2n) is 9.35. The first-order chi connectivity index (χ1) is 18.5. The maximum Gasteiger partial charge on any atom is 0.374 e. The van der Waals surface area contributed by atoms with Crippen LogP contribution in [0.25, 0.3) is 17.2 Å². The first-order valence-electron chi connectivity index (χ1n) is 11.9. The van der Waals surface area contributed by atoms with Crippen LogP contribution in [0.3, 0.4) is 0 Å². The molecule has 2 atom stereocenters. The number of allylic oxidation sites excluding steroid dienone is 2. The number of nitrogens with zero attached hydrogens (tertiary/aromatic N) is 2. The van der Waals surface area contributed by atoms with E-state index in [2.05, 4.69) is 9.37 Å². The normalized spacial score (nSPS) is 22.4. The van der Waals surface area contributed by atoms with Gasteiger partial charge in [0.05, 0.1) is 29.6 Å². The number of aryl methyl sites for hydroxylation is 1. The van der Waals surface area contributed by atoms with Gasteiger partial charge in [0.15, 0.2) is 17.5 Å². The van der Waals surface area contributed by atoms with Crippen LogP contribution in [0.2, 0.25) is 0 Å². The maximum absolute atomic E-state index is 12.4. The molecule has 0 amide bonds. The lowest BCUT2D eigenvalue weighted by atomic mass is 9.97. The van der Waals surface area contributed by atoms with Crippen molar-refractivity contribution in [2.75, 3.05) is 6.54 Å². The van der Waals surface area contributed by atoms with Crippen molar-refractivity contribution in [1.82, 2.24) is 4.48 Å². The van der Waals surface area contributed by atoms with Crippen molar-refractivity contribution in [3.63, 3.8) is 0 Å². The zero-order valence-electron chi connectivity index (χ0n) is 20.9. The Hall–Kier alpha value is -3.24. The van der Waals surface area contributed by atoms with Crippen molar-refractivity contribution in [2.45, 2.75) is 42.0 Å². The third kappa shape index (κ3) is 4.96. The molecule has 1 N–H and O–H groups in total. The second kappa shape index (κ2) is 10.4. The molecule has 0 bridgehead atoms. The molecule has 3 heterocycles. The first-order valence-corrected chi connectivity index (χ1v) is 14.0. The lowest BCUT2D eigenvalue weighted by Gasteiger charge is -2.40. The molecule has 206 valence electrons. The van der Waals surface area contributed by atoms with Crippen LogP contribution in [0.4, 0.5) is 5.69 Å². The SMILES string of the molecule is CC(=Cc1oc2ccc(SOO[O-])cc2[n+]1C)C=C1Oc2ccc(S(=O)(=O)[O-])cc2[N+]12CCCCC2C(=O)O. The summed E-state index contributed by atoms with van der Waals surface area (Å²) in [6.45, 7) is 2.16. The van der Waals surface area contributed by atoms with Crippen molar-refractivity contribution < 1.29 is 51.2 Å². The predicted molar refractivity (Wildman–Crippen MR) is 134 cm³/mol. The fraction of sp³-hybridized carbons (Fsp3) is 0.280. The number of rotatable bonds is 7. The Bertz CT molecular complexity index is 1630. The summed E-state index contributed by atoms with van der Waals surface area (Å²) in [6, 6.07) is 8.05. The number of benzene rings is 2. The molecule has 39 heavy (non-hydrogen) atoms. The Morgan fingerprint density at radius 2 is 2.05 bits per heavy atom. The minimum Gasteiger partial charge on any atom is -0.744 e. The summed E-state index contributed by atoms with van der Waals surface area (Å²) in [6.07, 6.45) is 5.19. The van der Waals surface area contributed by atoms with E-state index < -0.39 is 27.0 Å². The molecule has 1 aromatic heterocycles. The highest BCUT2D eigenvalue weighted by Crippen LogP contribution is 2.50. The highest BCUT2D eigenvalue weighted by molar-refractivity contribution is 7.94. The lowest BCUT2D eigenvalue weighted by molar-refractivity contribution is -0.777. The van der Waals surface area contributed by atoms with E-state index in [-0.39, 0.29) is 4.48 Å². The largest absolute Gasteiger partial charge is 0.744 e. The van der Waals surface area contributed by atoms with Crippen molar-refractivity contribution in [3.8, 4) is 5.75 Å². The molecular formula is C25H24N2O10S2. The van der Waals surface area contributed by atoms with Gasteiger partial charge < -0.3 is 24.1 Å². The van der Waals surface area contributed by atoms with Crippen LogP contribution in [-0.4, -0.2) is 36.6 Å². The molecule has 0 aliphatic carbocycles. The molecule has 1 fully saturated rings. The number of carbonyl (C=O) groups is 1. The molecule has 1 spiro atoms. The van der Waals surface area contributed by atoms with Gasteiger partial charge in [0.2, 0.25) is 5.58 Å². The maximum atomic E-state index is 12.4. The molecule has 2 aromatic carbocycles. The van der Waals surface area contributed by atoms with Gasteiger partial charge in [-0.3, -0.25) is 5.04 Å². The number of piperidine rings is 1. The Morgan fingerprint density at radius 1 is 1.26 bits per heavy atom. The molecular weight excluding hydrogens is 552 g/mol. The summed E-state index contributed by atoms with van der Waals surface area (Å²) in [4.78, 5) is 12.6. The third-order valence-electron chi connectivity index (χ3n) is 7.01. The van der Waals surface area contributed by atoms with Gasteiger partial charge in [-0.25, -0.2) is 17.7 Å². The molecule has 14 heteroatoms. The van der Waals surface area contributed by atoms with E-state index in [1.807, 2.05) is 0 Å². The number of carboxylic acids is 1. The highest BCUT2D eigenvalue weighted by atomic mass is 32.2. The quantitative estimate of drug-likeness (QED) is 0.110. The molecule has 3 aromatic rings. The fourth-order valence-electron chi connectivity index (χ4n) is 5.26. The number of oxazole rings is 1. The van der Waals surface area contributed by atoms with Crippen LogP contribution < -0.4 is 19.0 Å². The van der Waals surface area contributed by atoms with E-state index in [0.717, 1.165) is 23.6 Å². The van der Waals surface area contributed by atoms with E-state index in [4.69, 9.17) is 9.15 Å². The van der Waals surface area contributed by atoms with Gasteiger partial charge in [0, 0.05) is 29.5 Å². The number of aromatic nitrogens is 1. The summed E-state index contributed by atoms with van der Waals surface area (Å²) in [5.41, 5.74) is 2.32. The van der Waals surface area contributed by atoms with Gasteiger partial charge >= 0.3 is 17.7 Å². The van der Waals surface area contributed by atoms with E-state index in [9.17, 15) is 28.1 Å². The van der Waals surface area contributed by atoms with Crippen LogP contribution in [0.15, 0.2) is 68.1 Å². The van der Waals surface area contributed by atoms with Gasteiger partial charge in [-0.1, -0.05) is 0 Å². The number of carboxylic acid groups (broad SMARTS) is 1. The predicted octanol–water partition coefficient (Wildman–Crippen LogP) is 2.67. The molecule has 12 nitrogen and oxygen atoms in total. The summed E-state index contributed by atoms with van der Waals surface area (Å²) in [7, 11) is -2.97. The summed E-state index contributed by atoms with van der Waals surface area (Å²) < 4.78 is 53.4. The van der Waals surface area contributed by atoms with E-state index >= 15 is 0 Å². The summed E-state index contributed by atoms with van der Waals surface area (Å²) >= 11 is 0.761. The molecule has 2 unspecified atom stereocenters. The molecule has 1 saturated heterocycles. The zero-order chi connectivity index (χ0) is 27.9. The van der Waals surface area contributed by atoms with Crippen LogP contribution in [0.5, 0.6) is 5.75 Å². The number of hydrogen-bond donors (Lipinski definition) is 1. The van der Waals surface area contributed by atoms with Gasteiger partial charge in [-0.15, -0.1) is 0 Å². The highest BCUT2D eigenvalue weighted by Gasteiger charge is 2.56. The minimum absolute atomic E-state index is 0.228. The monoisotopic (exact) mass is 576 g/mol. The second-order valence-corrected chi connectivity index (χ2v) is 11.5. The van der Waals surface area contributed by atoms with Crippen LogP contribution in [-0.2, 0) is 31.3 Å². The number of aliphatic carboxylic acids is 1. The molecule has 0 saturated carbocycles. The zero-order valence-corrected chi connectivity index (χ0v) is 22.5. The van der Waals surface area contributed by atoms with Crippen molar-refractivity contribution >= 4 is 51.0 Å². The minimum atomic E-state index is -4.77. The number of hydrogen-bond acceptors (Lipinski definition) is 10. The van der Waals surface area contributed by atoms with E-state index in [1.165, 1.54) is 12.1 Å². The van der Waals surface area contributed by atoms with Crippen molar-refractivity contribution in [2.24, 2.45) is 7.05 Å². The summed E-state index contributed by atoms with van der Waals surface area (Å²) in [5, 5.41) is 23.7. The number of fused-ring (bicyclic) bond motifs is 3. The Morgan fingerprint density at radius 3 is 2.77 bits per heavy atom. The Kier molecular flexibility index (Phi) is 7.28. The van der Waals surface area contributed by atoms with E-state index in [1.54, 1.807) is 48.9 Å². The smallest absolute Gasteiger partial charge is 0.374 e. The molecule has 5 rings (SSSR count). The number of quaternary nitrogens is 1. The van der Waals surface area contributed by atoms with Gasteiger partial charge in [0.25, 0.3) is 5.52 Å². The molecule has 2 aliphatic heterocycles. The first kappa shape index (κ1) is 27.3. The van der Waals surface area contributed by atoms with Gasteiger partial charge in [0.1, 0.15) is 17.2 Å². The topological polar surface area (TPSA) is 162 Å². The average Bonchev–Trinajstić information content (AvgIpc) is 3.35. The standard InChI is InChI=1S/C25H24N2O10S2/c1-15(11-23-26(2)18-13-16(38-37-36-30)6-8-21(18)34-23)12-24-27(10-4-3-5-19(27)25(28)29)20-14-17(39(31,32)33)7-9-22(20)35-24/h6-9,11-14,19H,3-5,10H2,1-2H3,(H-2,28,29,30,31,32,33). The average molecular weight is 577 g/mol. The van der Waals surface area contributed by atoms with Gasteiger partial charge in [-0.2, -0.15) is 8.90 Å². The van der Waals surface area contributed by atoms with Gasteiger partial charge in [-0.05, 0) is 49.6 Å². The lowest BCUT2D eigenvalue weighted by Crippen LogP contribution is -2.60. The molecule has 0 radical (unpaired) electrons. The van der Waals surface area contributed by atoms with E-state index in [0.29, 0.717) is 65.1 Å². The fourth-order valence-corrected chi connectivity index (χ4v) is 6.14. The Balaban J connectivity index is 1.59. The van der Waals surface area contributed by atoms with Crippen molar-refractivity contribution in [1.29, 1.82) is 0 Å². The summed E-state index contributed by atoms with van der Waals surface area (Å²) in [5.74, 6) is 0.0622. The number of ether oxygens (including phenoxy) is 1. The molecule has 2 aliphatic rings. The van der Waals surface area contributed by atoms with Crippen LogP contribution >= 0.6 is 12.0 Å². The third-order valence-corrected chi connectivity index (χ3v) is 8.41. The Labute approximate surface area is 227 Å². The van der Waals surface area contributed by atoms with Crippen molar-refractivity contribution in [3.05, 3.63) is 59.8 Å². The van der Waals surface area contributed by atoms with Crippen LogP contribution in [0.1, 0.15) is 32.1 Å².